The van der Waals surface area contributed by atoms with Crippen LogP contribution in [0.25, 0.3) is 0 Å². The average Bonchev–Trinajstić information content (AvgIpc) is 2.23. The third-order valence-corrected chi connectivity index (χ3v) is 4.10. The Hall–Kier alpha value is -0.170. The van der Waals surface area contributed by atoms with E-state index >= 15 is 0 Å². The molecule has 17 heavy (non-hydrogen) atoms. The van der Waals surface area contributed by atoms with Gasteiger partial charge in [-0.3, -0.25) is 0 Å². The van der Waals surface area contributed by atoms with Crippen molar-refractivity contribution in [1.82, 2.24) is 0 Å². The highest BCUT2D eigenvalue weighted by Gasteiger charge is 2.31. The summed E-state index contributed by atoms with van der Waals surface area (Å²) in [5.74, 6) is -0.0350. The van der Waals surface area contributed by atoms with Crippen LogP contribution in [0.15, 0.2) is 0 Å². The number of ether oxygens (including phenoxy) is 2. The molecular weight excluding hydrogens is 242 g/mol. The number of hydrogen-bond acceptors (Lipinski definition) is 4. The highest BCUT2D eigenvalue weighted by molar-refractivity contribution is 7.89. The number of sulfonamides is 1. The molecule has 0 bridgehead atoms. The highest BCUT2D eigenvalue weighted by Crippen LogP contribution is 2.28. The highest BCUT2D eigenvalue weighted by atomic mass is 32.2. The van der Waals surface area contributed by atoms with Crippen LogP contribution in [0.5, 0.6) is 0 Å². The smallest absolute Gasteiger partial charge is 0.209 e. The lowest BCUT2D eigenvalue weighted by atomic mass is 9.85. The first-order valence-corrected chi connectivity index (χ1v) is 7.61. The Kier molecular flexibility index (Phi) is 7.23. The molecule has 6 heteroatoms. The molecule has 2 N–H and O–H groups in total. The van der Waals surface area contributed by atoms with Crippen LogP contribution in [0, 0.1) is 5.41 Å². The van der Waals surface area contributed by atoms with Crippen LogP contribution >= 0.6 is 0 Å². The minimum atomic E-state index is -3.48. The van der Waals surface area contributed by atoms with Crippen LogP contribution in [-0.2, 0) is 19.5 Å². The summed E-state index contributed by atoms with van der Waals surface area (Å²) in [5.41, 5.74) is -0.393. The Morgan fingerprint density at radius 1 is 1.29 bits per heavy atom. The molecule has 0 heterocycles. The SMILES string of the molecule is CCC(CC)(COC(C)COC)CS(N)(=O)=O. The van der Waals surface area contributed by atoms with Crippen molar-refractivity contribution in [3.05, 3.63) is 0 Å². The summed E-state index contributed by atoms with van der Waals surface area (Å²) in [4.78, 5) is 0. The normalized spacial score (nSPS) is 14.9. The van der Waals surface area contributed by atoms with E-state index in [1.165, 1.54) is 0 Å². The maximum Gasteiger partial charge on any atom is 0.209 e. The summed E-state index contributed by atoms with van der Waals surface area (Å²) in [5, 5.41) is 5.13. The minimum absolute atomic E-state index is 0.0350. The third-order valence-electron chi connectivity index (χ3n) is 3.08. The van der Waals surface area contributed by atoms with Crippen molar-refractivity contribution in [2.24, 2.45) is 10.6 Å². The van der Waals surface area contributed by atoms with Crippen molar-refractivity contribution in [2.75, 3.05) is 26.1 Å². The molecule has 0 radical (unpaired) electrons. The molecule has 0 aliphatic heterocycles. The van der Waals surface area contributed by atoms with Crippen LogP contribution in [0.2, 0.25) is 0 Å². The Morgan fingerprint density at radius 3 is 2.18 bits per heavy atom. The van der Waals surface area contributed by atoms with Gasteiger partial charge >= 0.3 is 0 Å². The predicted molar refractivity (Wildman–Crippen MR) is 68.3 cm³/mol. The van der Waals surface area contributed by atoms with Crippen molar-refractivity contribution >= 4 is 10.0 Å². The Morgan fingerprint density at radius 2 is 1.82 bits per heavy atom. The molecule has 0 fully saturated rings. The van der Waals surface area contributed by atoms with Gasteiger partial charge in [0.2, 0.25) is 10.0 Å². The van der Waals surface area contributed by atoms with Gasteiger partial charge in [0.05, 0.1) is 25.1 Å². The first-order chi connectivity index (χ1) is 7.78. The van der Waals surface area contributed by atoms with Gasteiger partial charge in [-0.1, -0.05) is 13.8 Å². The topological polar surface area (TPSA) is 78.6 Å². The summed E-state index contributed by atoms with van der Waals surface area (Å²) in [6, 6.07) is 0. The van der Waals surface area contributed by atoms with Crippen molar-refractivity contribution in [1.29, 1.82) is 0 Å². The summed E-state index contributed by atoms with van der Waals surface area (Å²) in [6.07, 6.45) is 1.40. The van der Waals surface area contributed by atoms with E-state index in [4.69, 9.17) is 14.6 Å². The predicted octanol–water partition coefficient (Wildman–Crippen LogP) is 1.13. The third kappa shape index (κ3) is 6.98. The Bertz CT molecular complexity index is 299. The van der Waals surface area contributed by atoms with Gasteiger partial charge in [-0.15, -0.1) is 0 Å². The molecule has 0 aliphatic rings. The van der Waals surface area contributed by atoms with E-state index in [2.05, 4.69) is 0 Å². The van der Waals surface area contributed by atoms with Gasteiger partial charge in [0, 0.05) is 12.5 Å². The van der Waals surface area contributed by atoms with Crippen molar-refractivity contribution in [3.8, 4) is 0 Å². The van der Waals surface area contributed by atoms with Crippen molar-refractivity contribution in [2.45, 2.75) is 39.7 Å². The fraction of sp³-hybridized carbons (Fsp3) is 1.00. The zero-order valence-electron chi connectivity index (χ0n) is 11.2. The molecule has 1 atom stereocenters. The fourth-order valence-electron chi connectivity index (χ4n) is 1.73. The van der Waals surface area contributed by atoms with Gasteiger partial charge in [-0.25, -0.2) is 13.6 Å². The second-order valence-electron chi connectivity index (χ2n) is 4.59. The van der Waals surface area contributed by atoms with Gasteiger partial charge in [0.1, 0.15) is 0 Å². The molecule has 0 saturated carbocycles. The van der Waals surface area contributed by atoms with Crippen LogP contribution in [0.4, 0.5) is 0 Å². The Balaban J connectivity index is 4.51. The molecule has 0 aliphatic carbocycles. The number of methoxy groups -OCH3 is 1. The first-order valence-electron chi connectivity index (χ1n) is 5.89. The van der Waals surface area contributed by atoms with E-state index in [0.29, 0.717) is 13.2 Å². The second-order valence-corrected chi connectivity index (χ2v) is 6.21. The second kappa shape index (κ2) is 7.31. The van der Waals surface area contributed by atoms with Gasteiger partial charge < -0.3 is 9.47 Å². The van der Waals surface area contributed by atoms with Crippen LogP contribution in [0.3, 0.4) is 0 Å². The molecule has 0 aromatic rings. The summed E-state index contributed by atoms with van der Waals surface area (Å²) < 4.78 is 33.1. The summed E-state index contributed by atoms with van der Waals surface area (Å²) >= 11 is 0. The van der Waals surface area contributed by atoms with Crippen molar-refractivity contribution < 1.29 is 17.9 Å². The number of nitrogens with two attached hydrogens (primary N) is 1. The van der Waals surface area contributed by atoms with Crippen LogP contribution in [0.1, 0.15) is 33.6 Å². The van der Waals surface area contributed by atoms with Gasteiger partial charge in [0.25, 0.3) is 0 Å². The monoisotopic (exact) mass is 267 g/mol. The Labute approximate surface area is 105 Å². The molecule has 0 spiro atoms. The first kappa shape index (κ1) is 16.8. The largest absolute Gasteiger partial charge is 0.382 e. The molecule has 1 unspecified atom stereocenters. The lowest BCUT2D eigenvalue weighted by Crippen LogP contribution is -2.38. The molecule has 0 rings (SSSR count). The lowest BCUT2D eigenvalue weighted by molar-refractivity contribution is -0.0306. The molecule has 0 aromatic carbocycles. The van der Waals surface area contributed by atoms with E-state index in [-0.39, 0.29) is 11.9 Å². The van der Waals surface area contributed by atoms with E-state index in [1.807, 2.05) is 20.8 Å². The maximum absolute atomic E-state index is 11.2. The zero-order chi connectivity index (χ0) is 13.5. The lowest BCUT2D eigenvalue weighted by Gasteiger charge is -2.31. The van der Waals surface area contributed by atoms with Gasteiger partial charge in [-0.2, -0.15) is 0 Å². The van der Waals surface area contributed by atoms with E-state index < -0.39 is 15.4 Å². The van der Waals surface area contributed by atoms with Gasteiger partial charge in [0.15, 0.2) is 0 Å². The minimum Gasteiger partial charge on any atom is -0.382 e. The average molecular weight is 267 g/mol. The molecule has 0 amide bonds. The summed E-state index contributed by atoms with van der Waals surface area (Å²) in [7, 11) is -1.87. The fourth-order valence-corrected chi connectivity index (χ4v) is 3.07. The molecule has 104 valence electrons. The molecule has 0 saturated heterocycles. The van der Waals surface area contributed by atoms with E-state index in [0.717, 1.165) is 12.8 Å². The molecule has 0 aromatic heterocycles. The molecular formula is C11H25NO4S. The van der Waals surface area contributed by atoms with Gasteiger partial charge in [-0.05, 0) is 19.8 Å². The zero-order valence-corrected chi connectivity index (χ0v) is 12.0. The quantitative estimate of drug-likeness (QED) is 0.679. The van der Waals surface area contributed by atoms with Crippen molar-refractivity contribution in [3.63, 3.8) is 0 Å². The number of rotatable bonds is 9. The van der Waals surface area contributed by atoms with Crippen LogP contribution < -0.4 is 5.14 Å². The standard InChI is InChI=1S/C11H25NO4S/c1-5-11(6-2,9-17(12,13)14)8-16-10(3)7-15-4/h10H,5-9H2,1-4H3,(H2,12,13,14). The summed E-state index contributed by atoms with van der Waals surface area (Å²) in [6.45, 7) is 6.70. The number of hydrogen-bond donors (Lipinski definition) is 1. The maximum atomic E-state index is 11.2. The van der Waals surface area contributed by atoms with Crippen LogP contribution in [-0.4, -0.2) is 40.6 Å². The number of primary sulfonamides is 1. The molecule has 5 nitrogen and oxygen atoms in total. The van der Waals surface area contributed by atoms with E-state index in [9.17, 15) is 8.42 Å². The van der Waals surface area contributed by atoms with E-state index in [1.54, 1.807) is 7.11 Å².